The van der Waals surface area contributed by atoms with Crippen LogP contribution in [0.4, 0.5) is 17.1 Å². The van der Waals surface area contributed by atoms with Crippen LogP contribution in [0.1, 0.15) is 19.3 Å². The summed E-state index contributed by atoms with van der Waals surface area (Å²) in [7, 11) is 0. The first-order valence-electron chi connectivity index (χ1n) is 6.10. The summed E-state index contributed by atoms with van der Waals surface area (Å²) in [6.07, 6.45) is 3.17. The van der Waals surface area contributed by atoms with E-state index in [4.69, 9.17) is 0 Å². The van der Waals surface area contributed by atoms with Gasteiger partial charge >= 0.3 is 111 Å². The van der Waals surface area contributed by atoms with E-state index in [0.29, 0.717) is 0 Å². The molecule has 0 unspecified atom stereocenters. The Labute approximate surface area is 111 Å². The van der Waals surface area contributed by atoms with Crippen molar-refractivity contribution in [2.45, 2.75) is 25.3 Å². The van der Waals surface area contributed by atoms with Crippen LogP contribution in [0.2, 0.25) is 0 Å². The van der Waals surface area contributed by atoms with Gasteiger partial charge in [0.15, 0.2) is 0 Å². The molecule has 94 valence electrons. The van der Waals surface area contributed by atoms with E-state index in [1.54, 1.807) is 0 Å². The number of hydrogen-bond acceptors (Lipinski definition) is 4. The quantitative estimate of drug-likeness (QED) is 0.835. The van der Waals surface area contributed by atoms with E-state index in [-0.39, 0.29) is 26.5 Å². The number of fused-ring (bicyclic) bond motifs is 1. The third-order valence-corrected chi connectivity index (χ3v) is 4.31. The van der Waals surface area contributed by atoms with Gasteiger partial charge in [0.25, 0.3) is 0 Å². The average Bonchev–Trinajstić information content (AvgIpc) is 2.89. The molecule has 2 aliphatic rings. The van der Waals surface area contributed by atoms with Crippen LogP contribution in [0, 0.1) is 0 Å². The monoisotopic (exact) mass is 310 g/mol. The zero-order chi connectivity index (χ0) is 12.4. The van der Waals surface area contributed by atoms with Gasteiger partial charge in [0.05, 0.1) is 0 Å². The summed E-state index contributed by atoms with van der Waals surface area (Å²) in [5, 5.41) is 6.21. The fourth-order valence-corrected chi connectivity index (χ4v) is 3.36. The van der Waals surface area contributed by atoms with Gasteiger partial charge in [0.1, 0.15) is 0 Å². The maximum absolute atomic E-state index is 12.1. The zero-order valence-electron chi connectivity index (χ0n) is 9.85. The van der Waals surface area contributed by atoms with Gasteiger partial charge in [0.2, 0.25) is 0 Å². The van der Waals surface area contributed by atoms with Gasteiger partial charge in [-0.15, -0.1) is 0 Å². The van der Waals surface area contributed by atoms with Crippen molar-refractivity contribution < 1.29 is 4.79 Å². The molecule has 18 heavy (non-hydrogen) atoms. The molecule has 1 saturated heterocycles. The first-order valence-corrected chi connectivity index (χ1v) is 7.63. The molecule has 2 N–H and O–H groups in total. The van der Waals surface area contributed by atoms with E-state index in [9.17, 15) is 4.79 Å². The van der Waals surface area contributed by atoms with E-state index in [0.717, 1.165) is 42.9 Å². The topological polar surface area (TPSA) is 65.8 Å². The number of nitrogens with zero attached hydrogens (tertiary/aromatic N) is 2. The van der Waals surface area contributed by atoms with E-state index >= 15 is 0 Å². The first kappa shape index (κ1) is 11.8. The molecule has 0 aromatic heterocycles. The Morgan fingerprint density at radius 3 is 3.17 bits per heavy atom. The zero-order valence-corrected chi connectivity index (χ0v) is 11.6. The van der Waals surface area contributed by atoms with Crippen molar-refractivity contribution in [3.05, 3.63) is 18.2 Å². The second kappa shape index (κ2) is 5.18. The maximum atomic E-state index is 12.1. The van der Waals surface area contributed by atoms with Crippen LogP contribution < -0.4 is 10.6 Å². The van der Waals surface area contributed by atoms with Gasteiger partial charge in [-0.05, 0) is 0 Å². The molecule has 0 aliphatic carbocycles. The average molecular weight is 309 g/mol. The summed E-state index contributed by atoms with van der Waals surface area (Å²) in [4.78, 5) is 12.1. The number of anilines is 1. The Morgan fingerprint density at radius 2 is 2.33 bits per heavy atom. The molecule has 1 aromatic carbocycles. The van der Waals surface area contributed by atoms with Crippen molar-refractivity contribution in [1.82, 2.24) is 5.32 Å². The third kappa shape index (κ3) is 2.32. The molecule has 5 nitrogen and oxygen atoms in total. The van der Waals surface area contributed by atoms with Crippen LogP contribution in [-0.4, -0.2) is 33.1 Å². The normalized spacial score (nSPS) is 21.2. The molecule has 2 aliphatic heterocycles. The summed E-state index contributed by atoms with van der Waals surface area (Å²) in [5.41, 5.74) is 2.51. The van der Waals surface area contributed by atoms with Crippen LogP contribution in [-0.2, 0) is 4.79 Å². The molecule has 6 heteroatoms. The summed E-state index contributed by atoms with van der Waals surface area (Å²) in [6, 6.07) is 5.66. The Balaban J connectivity index is 1.75. The molecule has 0 spiro atoms. The fourth-order valence-electron chi connectivity index (χ4n) is 2.20. The molecule has 0 bridgehead atoms. The second-order valence-electron chi connectivity index (χ2n) is 4.43. The molecule has 0 radical (unpaired) electrons. The number of piperidine rings is 1. The molecular weight excluding hydrogens is 295 g/mol. The predicted octanol–water partition coefficient (Wildman–Crippen LogP) is 2.12. The molecule has 1 fully saturated rings. The van der Waals surface area contributed by atoms with E-state index in [2.05, 4.69) is 18.6 Å². The number of carbonyl (C=O) groups is 1. The molecule has 0 saturated carbocycles. The predicted molar refractivity (Wildman–Crippen MR) is 70.6 cm³/mol. The van der Waals surface area contributed by atoms with E-state index in [1.807, 2.05) is 18.2 Å². The Hall–Kier alpha value is -1.23. The van der Waals surface area contributed by atoms with Crippen molar-refractivity contribution in [1.29, 1.82) is 0 Å². The van der Waals surface area contributed by atoms with Gasteiger partial charge in [-0.25, -0.2) is 0 Å². The summed E-state index contributed by atoms with van der Waals surface area (Å²) < 4.78 is 8.67. The van der Waals surface area contributed by atoms with Crippen molar-refractivity contribution in [3.63, 3.8) is 0 Å². The second-order valence-corrected chi connectivity index (χ2v) is 5.54. The van der Waals surface area contributed by atoms with E-state index < -0.39 is 0 Å². The van der Waals surface area contributed by atoms with Crippen LogP contribution in [0.5, 0.6) is 0 Å². The fraction of sp³-hybridized carbons (Fsp3) is 0.417. The minimum atomic E-state index is -0.0709. The number of nitrogens with one attached hydrogen (secondary N) is 2. The van der Waals surface area contributed by atoms with Crippen molar-refractivity contribution in [2.75, 3.05) is 11.9 Å². The number of carbonyl (C=O) groups excluding carboxylic acids is 1. The number of amides is 1. The van der Waals surface area contributed by atoms with Crippen LogP contribution in [0.3, 0.4) is 0 Å². The van der Waals surface area contributed by atoms with Gasteiger partial charge in [-0.2, -0.15) is 0 Å². The standard InChI is InChI=1S/C12H14N4OSe/c17-12(10-4-1-2-7-13-10)14-8-5-3-6-9-11(8)16-18-15-9/h3,5-6,10,13H,1-2,4,7H2,(H,14,17)/t10-/m0/s1. The third-order valence-electron chi connectivity index (χ3n) is 3.17. The van der Waals surface area contributed by atoms with Crippen molar-refractivity contribution >= 4 is 37.5 Å². The van der Waals surface area contributed by atoms with E-state index in [1.165, 1.54) is 0 Å². The van der Waals surface area contributed by atoms with Crippen molar-refractivity contribution in [2.24, 2.45) is 7.92 Å². The number of rotatable bonds is 2. The van der Waals surface area contributed by atoms with Crippen LogP contribution >= 0.6 is 0 Å². The molecule has 1 atom stereocenters. The summed E-state index contributed by atoms with van der Waals surface area (Å²) in [5.74, 6) is 0.0395. The van der Waals surface area contributed by atoms with Crippen molar-refractivity contribution in [3.8, 4) is 0 Å². The van der Waals surface area contributed by atoms with Crippen LogP contribution in [0.25, 0.3) is 0 Å². The Kier molecular flexibility index (Phi) is 3.41. The first-order chi connectivity index (χ1) is 8.84. The summed E-state index contributed by atoms with van der Waals surface area (Å²) >= 11 is -0.0632. The van der Waals surface area contributed by atoms with Gasteiger partial charge in [0, 0.05) is 0 Å². The van der Waals surface area contributed by atoms with Crippen LogP contribution in [0.15, 0.2) is 26.1 Å². The Morgan fingerprint density at radius 1 is 1.39 bits per heavy atom. The number of benzene rings is 1. The molecular formula is C12H14N4OSe. The number of hydrogen-bond donors (Lipinski definition) is 2. The Bertz CT molecular complexity index is 545. The molecule has 2 heterocycles. The summed E-state index contributed by atoms with van der Waals surface area (Å²) in [6.45, 7) is 0.924. The molecule has 1 aromatic rings. The van der Waals surface area contributed by atoms with Gasteiger partial charge < -0.3 is 0 Å². The molecule has 3 rings (SSSR count). The molecule has 1 amide bonds. The SMILES string of the molecule is O=C(Nc1cccc2c1N=[Se]=N2)[C@@H]1CCCCN1. The minimum absolute atomic E-state index is 0.0395. The van der Waals surface area contributed by atoms with Gasteiger partial charge in [-0.3, -0.25) is 0 Å². The van der Waals surface area contributed by atoms with Gasteiger partial charge in [-0.1, -0.05) is 0 Å².